The second-order valence-corrected chi connectivity index (χ2v) is 12.5. The smallest absolute Gasteiger partial charge is 0.0619 e. The van der Waals surface area contributed by atoms with Crippen molar-refractivity contribution in [1.29, 1.82) is 0 Å². The minimum atomic E-state index is 0.996. The molecule has 6 rings (SSSR count). The van der Waals surface area contributed by atoms with Crippen LogP contribution in [0.2, 0.25) is 0 Å². The Balaban J connectivity index is 1.74. The Morgan fingerprint density at radius 1 is 0.689 bits per heavy atom. The van der Waals surface area contributed by atoms with Crippen molar-refractivity contribution in [3.8, 4) is 0 Å². The van der Waals surface area contributed by atoms with Crippen LogP contribution in [0.3, 0.4) is 0 Å². The average Bonchev–Trinajstić information content (AvgIpc) is 3.05. The summed E-state index contributed by atoms with van der Waals surface area (Å²) in [6, 6.07) is 36.1. The lowest BCUT2D eigenvalue weighted by Crippen LogP contribution is -2.20. The van der Waals surface area contributed by atoms with Crippen molar-refractivity contribution in [3.05, 3.63) is 143 Å². The molecule has 0 aromatic heterocycles. The minimum Gasteiger partial charge on any atom is -0.313 e. The zero-order chi connectivity index (χ0) is 31.3. The maximum absolute atomic E-state index is 2.57. The number of unbranched alkanes of at least 4 members (excludes halogenated alkanes) is 1. The van der Waals surface area contributed by atoms with Gasteiger partial charge in [0.05, 0.1) is 11.4 Å². The van der Waals surface area contributed by atoms with Crippen LogP contribution in [0.15, 0.2) is 132 Å². The molecule has 0 spiro atoms. The van der Waals surface area contributed by atoms with Crippen molar-refractivity contribution in [2.75, 3.05) is 9.80 Å². The molecule has 0 radical (unpaired) electrons. The van der Waals surface area contributed by atoms with Gasteiger partial charge in [-0.3, -0.25) is 0 Å². The molecule has 0 fully saturated rings. The van der Waals surface area contributed by atoms with E-state index in [1.54, 1.807) is 0 Å². The molecule has 228 valence electrons. The molecular weight excluding hydrogens is 544 g/mol. The number of hydrogen-bond donors (Lipinski definition) is 0. The minimum absolute atomic E-state index is 0.996. The fraction of sp³-hybridized carbons (Fsp3) is 0.256. The van der Waals surface area contributed by atoms with E-state index in [0.29, 0.717) is 0 Å². The number of hydrogen-bond acceptors (Lipinski definition) is 2. The van der Waals surface area contributed by atoms with Crippen LogP contribution in [-0.4, -0.2) is 0 Å². The number of aryl methyl sites for hydroxylation is 2. The van der Waals surface area contributed by atoms with Gasteiger partial charge < -0.3 is 9.80 Å². The highest BCUT2D eigenvalue weighted by Crippen LogP contribution is 2.50. The first kappa shape index (κ1) is 30.5. The van der Waals surface area contributed by atoms with Crippen LogP contribution in [0.1, 0.15) is 70.4 Å². The Hall–Kier alpha value is -4.56. The standard InChI is InChI=1S/C43H46N2/c1-6-8-20-34(16-7-2)44(35-21-13-17-31(3)28-35)42-38-24-9-11-26-40(38)43(41-27-12-10-25-39(41)42)45(36-22-14-18-32(4)29-36)37-23-15-19-33(5)30-37/h9-14,16-18,21-30H,6-8,15,19-20H2,1-5H3/b34-16+. The van der Waals surface area contributed by atoms with E-state index in [4.69, 9.17) is 0 Å². The lowest BCUT2D eigenvalue weighted by atomic mass is 9.94. The van der Waals surface area contributed by atoms with Crippen molar-refractivity contribution in [2.24, 2.45) is 0 Å². The van der Waals surface area contributed by atoms with Crippen molar-refractivity contribution < 1.29 is 0 Å². The zero-order valence-corrected chi connectivity index (χ0v) is 27.6. The highest BCUT2D eigenvalue weighted by molar-refractivity contribution is 6.22. The van der Waals surface area contributed by atoms with Gasteiger partial charge in [-0.05, 0) is 94.3 Å². The summed E-state index contributed by atoms with van der Waals surface area (Å²) in [4.78, 5) is 5.09. The van der Waals surface area contributed by atoms with Gasteiger partial charge in [0.1, 0.15) is 0 Å². The molecule has 5 aromatic rings. The number of rotatable bonds is 10. The molecule has 45 heavy (non-hydrogen) atoms. The Morgan fingerprint density at radius 3 is 1.82 bits per heavy atom. The third-order valence-electron chi connectivity index (χ3n) is 8.90. The van der Waals surface area contributed by atoms with Gasteiger partial charge in [0, 0.05) is 44.3 Å². The van der Waals surface area contributed by atoms with Gasteiger partial charge in [0.25, 0.3) is 0 Å². The molecule has 0 N–H and O–H groups in total. The van der Waals surface area contributed by atoms with Crippen LogP contribution in [0.25, 0.3) is 21.5 Å². The van der Waals surface area contributed by atoms with Crippen LogP contribution in [0.5, 0.6) is 0 Å². The van der Waals surface area contributed by atoms with Crippen LogP contribution in [0.4, 0.5) is 22.7 Å². The van der Waals surface area contributed by atoms with E-state index < -0.39 is 0 Å². The SMILES string of the molecule is CC/C=C(\CCCC)N(c1cccc(C)c1)c1c2ccccc2c(N(C2=CCCC(C)=C2)c2cccc(C)c2)c2ccccc12. The summed E-state index contributed by atoms with van der Waals surface area (Å²) in [5, 5.41) is 5.05. The molecule has 0 unspecified atom stereocenters. The highest BCUT2D eigenvalue weighted by atomic mass is 15.2. The van der Waals surface area contributed by atoms with E-state index in [-0.39, 0.29) is 0 Å². The van der Waals surface area contributed by atoms with Crippen molar-refractivity contribution in [2.45, 2.75) is 73.1 Å². The maximum atomic E-state index is 2.57. The highest BCUT2D eigenvalue weighted by Gasteiger charge is 2.26. The molecule has 2 heteroatoms. The second-order valence-electron chi connectivity index (χ2n) is 12.5. The molecule has 0 amide bonds. The van der Waals surface area contributed by atoms with Gasteiger partial charge in [-0.2, -0.15) is 0 Å². The number of fused-ring (bicyclic) bond motifs is 2. The molecule has 0 saturated carbocycles. The summed E-state index contributed by atoms with van der Waals surface area (Å²) in [5.74, 6) is 0. The number of anilines is 4. The molecule has 2 nitrogen and oxygen atoms in total. The number of benzene rings is 5. The largest absolute Gasteiger partial charge is 0.313 e. The average molecular weight is 591 g/mol. The first-order chi connectivity index (χ1) is 22.0. The Labute approximate surface area is 270 Å². The third kappa shape index (κ3) is 6.20. The first-order valence-electron chi connectivity index (χ1n) is 16.7. The fourth-order valence-corrected chi connectivity index (χ4v) is 6.83. The van der Waals surface area contributed by atoms with Gasteiger partial charge in [0.15, 0.2) is 0 Å². The molecule has 0 saturated heterocycles. The monoisotopic (exact) mass is 590 g/mol. The molecule has 0 bridgehead atoms. The van der Waals surface area contributed by atoms with Crippen molar-refractivity contribution >= 4 is 44.3 Å². The van der Waals surface area contributed by atoms with Gasteiger partial charge in [-0.15, -0.1) is 0 Å². The quantitative estimate of drug-likeness (QED) is 0.118. The van der Waals surface area contributed by atoms with Gasteiger partial charge in [-0.25, -0.2) is 0 Å². The first-order valence-corrected chi connectivity index (χ1v) is 16.7. The molecule has 1 aliphatic rings. The molecular formula is C43H46N2. The van der Waals surface area contributed by atoms with Crippen LogP contribution in [-0.2, 0) is 0 Å². The van der Waals surface area contributed by atoms with Gasteiger partial charge >= 0.3 is 0 Å². The lowest BCUT2D eigenvalue weighted by Gasteiger charge is -2.35. The fourth-order valence-electron chi connectivity index (χ4n) is 6.83. The predicted molar refractivity (Wildman–Crippen MR) is 197 cm³/mol. The van der Waals surface area contributed by atoms with E-state index in [0.717, 1.165) is 38.5 Å². The summed E-state index contributed by atoms with van der Waals surface area (Å²) in [6.45, 7) is 11.2. The van der Waals surface area contributed by atoms with E-state index in [1.807, 2.05) is 0 Å². The summed E-state index contributed by atoms with van der Waals surface area (Å²) >= 11 is 0. The van der Waals surface area contributed by atoms with Crippen LogP contribution >= 0.6 is 0 Å². The molecule has 0 atom stereocenters. The summed E-state index contributed by atoms with van der Waals surface area (Å²) < 4.78 is 0. The van der Waals surface area contributed by atoms with E-state index in [1.165, 1.54) is 72.4 Å². The Kier molecular flexibility index (Phi) is 9.21. The Morgan fingerprint density at radius 2 is 1.27 bits per heavy atom. The Bertz CT molecular complexity index is 1860. The number of nitrogens with zero attached hydrogens (tertiary/aromatic N) is 2. The van der Waals surface area contributed by atoms with Crippen LogP contribution < -0.4 is 9.80 Å². The topological polar surface area (TPSA) is 6.48 Å². The summed E-state index contributed by atoms with van der Waals surface area (Å²) in [7, 11) is 0. The summed E-state index contributed by atoms with van der Waals surface area (Å²) in [6.07, 6.45) is 13.8. The molecule has 0 heterocycles. The molecule has 5 aromatic carbocycles. The maximum Gasteiger partial charge on any atom is 0.0619 e. The normalized spacial score (nSPS) is 13.6. The van der Waals surface area contributed by atoms with E-state index in [2.05, 4.69) is 160 Å². The second kappa shape index (κ2) is 13.6. The van der Waals surface area contributed by atoms with E-state index in [9.17, 15) is 0 Å². The van der Waals surface area contributed by atoms with Crippen molar-refractivity contribution in [1.82, 2.24) is 0 Å². The van der Waals surface area contributed by atoms with E-state index >= 15 is 0 Å². The van der Waals surface area contributed by atoms with Crippen molar-refractivity contribution in [3.63, 3.8) is 0 Å². The zero-order valence-electron chi connectivity index (χ0n) is 27.6. The van der Waals surface area contributed by atoms with Crippen LogP contribution in [0, 0.1) is 13.8 Å². The number of allylic oxidation sites excluding steroid dienone is 5. The lowest BCUT2D eigenvalue weighted by molar-refractivity contribution is 0.771. The summed E-state index contributed by atoms with van der Waals surface area (Å²) in [5.41, 5.74) is 11.5. The van der Waals surface area contributed by atoms with Gasteiger partial charge in [-0.1, -0.05) is 111 Å². The molecule has 0 aliphatic heterocycles. The van der Waals surface area contributed by atoms with Gasteiger partial charge in [0.2, 0.25) is 0 Å². The predicted octanol–water partition coefficient (Wildman–Crippen LogP) is 13.0. The molecule has 1 aliphatic carbocycles. The third-order valence-corrected chi connectivity index (χ3v) is 8.90.